The van der Waals surface area contributed by atoms with Crippen LogP contribution in [0.25, 0.3) is 0 Å². The van der Waals surface area contributed by atoms with Gasteiger partial charge >= 0.3 is 0 Å². The van der Waals surface area contributed by atoms with Crippen molar-refractivity contribution in [3.63, 3.8) is 0 Å². The quantitative estimate of drug-likeness (QED) is 0.667. The van der Waals surface area contributed by atoms with E-state index in [-0.39, 0.29) is 31.1 Å². The molecule has 120 valence electrons. The standard InChI is InChI=1S/C15H26N2O4/c1-12(2)4-6-15(11-18)5-3-7-17(10-15)14(20)9-21-8-13(16)19/h4,18H,3,5-11H2,1-2H3,(H2,16,19). The highest BCUT2D eigenvalue weighted by Crippen LogP contribution is 2.34. The first-order valence-electron chi connectivity index (χ1n) is 7.26. The molecule has 0 spiro atoms. The Bertz CT molecular complexity index is 404. The number of primary amides is 1. The Morgan fingerprint density at radius 3 is 2.67 bits per heavy atom. The van der Waals surface area contributed by atoms with Crippen molar-refractivity contribution in [1.29, 1.82) is 0 Å². The van der Waals surface area contributed by atoms with E-state index in [4.69, 9.17) is 10.5 Å². The second-order valence-electron chi connectivity index (χ2n) is 6.02. The van der Waals surface area contributed by atoms with E-state index in [1.165, 1.54) is 5.57 Å². The van der Waals surface area contributed by atoms with Gasteiger partial charge in [-0.3, -0.25) is 9.59 Å². The molecular formula is C15H26N2O4. The van der Waals surface area contributed by atoms with E-state index in [0.717, 1.165) is 19.3 Å². The number of allylic oxidation sites excluding steroid dienone is 2. The van der Waals surface area contributed by atoms with Crippen LogP contribution in [0.2, 0.25) is 0 Å². The van der Waals surface area contributed by atoms with E-state index in [2.05, 4.69) is 6.08 Å². The highest BCUT2D eigenvalue weighted by Gasteiger charge is 2.35. The van der Waals surface area contributed by atoms with Gasteiger partial charge in [-0.2, -0.15) is 0 Å². The number of carbonyl (C=O) groups is 2. The predicted molar refractivity (Wildman–Crippen MR) is 79.4 cm³/mol. The highest BCUT2D eigenvalue weighted by atomic mass is 16.5. The summed E-state index contributed by atoms with van der Waals surface area (Å²) in [7, 11) is 0. The monoisotopic (exact) mass is 298 g/mol. The van der Waals surface area contributed by atoms with E-state index in [0.29, 0.717) is 13.1 Å². The molecule has 1 aliphatic heterocycles. The molecule has 1 unspecified atom stereocenters. The van der Waals surface area contributed by atoms with Gasteiger partial charge in [-0.1, -0.05) is 11.6 Å². The molecule has 1 heterocycles. The van der Waals surface area contributed by atoms with Crippen molar-refractivity contribution in [2.75, 3.05) is 32.9 Å². The maximum Gasteiger partial charge on any atom is 0.248 e. The molecule has 1 atom stereocenters. The molecule has 0 aromatic carbocycles. The number of carbonyl (C=O) groups excluding carboxylic acids is 2. The summed E-state index contributed by atoms with van der Waals surface area (Å²) in [6.45, 7) is 4.89. The van der Waals surface area contributed by atoms with Crippen molar-refractivity contribution in [1.82, 2.24) is 4.90 Å². The molecule has 0 saturated carbocycles. The summed E-state index contributed by atoms with van der Waals surface area (Å²) in [6, 6.07) is 0. The molecule has 1 fully saturated rings. The molecule has 2 amide bonds. The number of nitrogens with two attached hydrogens (primary N) is 1. The number of hydrogen-bond donors (Lipinski definition) is 2. The Kier molecular flexibility index (Phi) is 6.84. The van der Waals surface area contributed by atoms with Gasteiger partial charge < -0.3 is 20.5 Å². The lowest BCUT2D eigenvalue weighted by Crippen LogP contribution is -2.49. The van der Waals surface area contributed by atoms with Crippen LogP contribution >= 0.6 is 0 Å². The topological polar surface area (TPSA) is 92.9 Å². The Morgan fingerprint density at radius 1 is 1.38 bits per heavy atom. The van der Waals surface area contributed by atoms with Crippen LogP contribution in [0.3, 0.4) is 0 Å². The van der Waals surface area contributed by atoms with Crippen molar-refractivity contribution < 1.29 is 19.4 Å². The van der Waals surface area contributed by atoms with Crippen molar-refractivity contribution in [2.24, 2.45) is 11.1 Å². The minimum absolute atomic E-state index is 0.0582. The zero-order valence-electron chi connectivity index (χ0n) is 12.9. The molecule has 0 aliphatic carbocycles. The number of ether oxygens (including phenoxy) is 1. The first-order valence-corrected chi connectivity index (χ1v) is 7.26. The van der Waals surface area contributed by atoms with Gasteiger partial charge in [0.25, 0.3) is 0 Å². The SMILES string of the molecule is CC(C)=CCC1(CO)CCCN(C(=O)COCC(N)=O)C1. The summed E-state index contributed by atoms with van der Waals surface area (Å²) in [5.74, 6) is -0.749. The van der Waals surface area contributed by atoms with E-state index in [1.807, 2.05) is 13.8 Å². The smallest absolute Gasteiger partial charge is 0.248 e. The summed E-state index contributed by atoms with van der Waals surface area (Å²) < 4.78 is 4.97. The third-order valence-electron chi connectivity index (χ3n) is 3.76. The number of piperidine rings is 1. The molecule has 6 heteroatoms. The van der Waals surface area contributed by atoms with Crippen LogP contribution in [0.4, 0.5) is 0 Å². The van der Waals surface area contributed by atoms with Crippen LogP contribution in [0, 0.1) is 5.41 Å². The van der Waals surface area contributed by atoms with E-state index in [1.54, 1.807) is 4.90 Å². The fraction of sp³-hybridized carbons (Fsp3) is 0.733. The first-order chi connectivity index (χ1) is 9.88. The van der Waals surface area contributed by atoms with Gasteiger partial charge in [-0.05, 0) is 33.1 Å². The molecule has 0 aromatic heterocycles. The Labute approximate surface area is 125 Å². The van der Waals surface area contributed by atoms with Gasteiger partial charge in [0.2, 0.25) is 11.8 Å². The maximum absolute atomic E-state index is 12.1. The summed E-state index contributed by atoms with van der Waals surface area (Å²) in [5.41, 5.74) is 5.90. The Balaban J connectivity index is 2.58. The van der Waals surface area contributed by atoms with Crippen molar-refractivity contribution >= 4 is 11.8 Å². The summed E-state index contributed by atoms with van der Waals surface area (Å²) in [5, 5.41) is 9.74. The molecule has 1 saturated heterocycles. The minimum atomic E-state index is -0.588. The Hall–Kier alpha value is -1.40. The van der Waals surface area contributed by atoms with Crippen LogP contribution in [-0.2, 0) is 14.3 Å². The lowest BCUT2D eigenvalue weighted by Gasteiger charge is -2.41. The van der Waals surface area contributed by atoms with Gasteiger partial charge in [0.15, 0.2) is 0 Å². The largest absolute Gasteiger partial charge is 0.396 e. The van der Waals surface area contributed by atoms with Crippen LogP contribution in [-0.4, -0.2) is 54.7 Å². The van der Waals surface area contributed by atoms with Crippen LogP contribution in [0.5, 0.6) is 0 Å². The molecule has 0 radical (unpaired) electrons. The zero-order valence-corrected chi connectivity index (χ0v) is 12.9. The lowest BCUT2D eigenvalue weighted by atomic mass is 9.77. The minimum Gasteiger partial charge on any atom is -0.396 e. The number of hydrogen-bond acceptors (Lipinski definition) is 4. The zero-order chi connectivity index (χ0) is 15.9. The predicted octanol–water partition coefficient (Wildman–Crippen LogP) is 0.446. The highest BCUT2D eigenvalue weighted by molar-refractivity contribution is 5.79. The fourth-order valence-corrected chi connectivity index (χ4v) is 2.53. The summed E-state index contributed by atoms with van der Waals surface area (Å²) in [6.07, 6.45) is 4.63. The number of aliphatic hydroxyl groups is 1. The third-order valence-corrected chi connectivity index (χ3v) is 3.76. The van der Waals surface area contributed by atoms with Crippen molar-refractivity contribution in [3.8, 4) is 0 Å². The van der Waals surface area contributed by atoms with Crippen LogP contribution < -0.4 is 5.73 Å². The van der Waals surface area contributed by atoms with E-state index < -0.39 is 5.91 Å². The van der Waals surface area contributed by atoms with Gasteiger partial charge in [-0.25, -0.2) is 0 Å². The van der Waals surface area contributed by atoms with Gasteiger partial charge in [0, 0.05) is 18.5 Å². The number of nitrogens with zero attached hydrogens (tertiary/aromatic N) is 1. The fourth-order valence-electron chi connectivity index (χ4n) is 2.53. The summed E-state index contributed by atoms with van der Waals surface area (Å²) >= 11 is 0. The molecule has 0 bridgehead atoms. The summed E-state index contributed by atoms with van der Waals surface area (Å²) in [4.78, 5) is 24.4. The average molecular weight is 298 g/mol. The van der Waals surface area contributed by atoms with Crippen LogP contribution in [0.15, 0.2) is 11.6 Å². The van der Waals surface area contributed by atoms with E-state index in [9.17, 15) is 14.7 Å². The molecular weight excluding hydrogens is 272 g/mol. The molecule has 3 N–H and O–H groups in total. The number of rotatable bonds is 7. The second kappa shape index (κ2) is 8.14. The average Bonchev–Trinajstić information content (AvgIpc) is 2.45. The normalized spacial score (nSPS) is 22.0. The molecule has 1 rings (SSSR count). The number of likely N-dealkylation sites (tertiary alicyclic amines) is 1. The third kappa shape index (κ3) is 5.85. The Morgan fingerprint density at radius 2 is 2.10 bits per heavy atom. The van der Waals surface area contributed by atoms with Gasteiger partial charge in [0.05, 0.1) is 6.61 Å². The second-order valence-corrected chi connectivity index (χ2v) is 6.02. The molecule has 6 nitrogen and oxygen atoms in total. The molecule has 21 heavy (non-hydrogen) atoms. The lowest BCUT2D eigenvalue weighted by molar-refractivity contribution is -0.141. The van der Waals surface area contributed by atoms with E-state index >= 15 is 0 Å². The molecule has 0 aromatic rings. The number of amides is 2. The molecule has 1 aliphatic rings. The van der Waals surface area contributed by atoms with Crippen molar-refractivity contribution in [3.05, 3.63) is 11.6 Å². The maximum atomic E-state index is 12.1. The first kappa shape index (κ1) is 17.7. The van der Waals surface area contributed by atoms with Crippen molar-refractivity contribution in [2.45, 2.75) is 33.1 Å². The number of aliphatic hydroxyl groups excluding tert-OH is 1. The van der Waals surface area contributed by atoms with Gasteiger partial charge in [-0.15, -0.1) is 0 Å². The van der Waals surface area contributed by atoms with Crippen LogP contribution in [0.1, 0.15) is 33.1 Å². The van der Waals surface area contributed by atoms with Gasteiger partial charge in [0.1, 0.15) is 13.2 Å².